The molecule has 1 aromatic heterocycles. The Labute approximate surface area is 186 Å². The van der Waals surface area contributed by atoms with Gasteiger partial charge in [-0.15, -0.1) is 0 Å². The summed E-state index contributed by atoms with van der Waals surface area (Å²) in [6, 6.07) is 22.8. The Morgan fingerprint density at radius 3 is 2.47 bits per heavy atom. The maximum atomic E-state index is 13.4. The smallest absolute Gasteiger partial charge is 0.261 e. The summed E-state index contributed by atoms with van der Waals surface area (Å²) in [5.41, 5.74) is 2.66. The summed E-state index contributed by atoms with van der Waals surface area (Å²) in [4.78, 5) is 0.253. The van der Waals surface area contributed by atoms with Crippen LogP contribution in [0.15, 0.2) is 82.1 Å². The van der Waals surface area contributed by atoms with E-state index in [4.69, 9.17) is 4.42 Å². The highest BCUT2D eigenvalue weighted by Gasteiger charge is 2.25. The van der Waals surface area contributed by atoms with Crippen LogP contribution in [-0.2, 0) is 22.9 Å². The van der Waals surface area contributed by atoms with E-state index in [9.17, 15) is 8.42 Å². The van der Waals surface area contributed by atoms with Crippen LogP contribution in [0, 0.1) is 5.92 Å². The monoisotopic (exact) mass is 441 g/mol. The zero-order valence-corrected chi connectivity index (χ0v) is 18.6. The Morgan fingerprint density at radius 1 is 0.875 bits per heavy atom. The van der Waals surface area contributed by atoms with Gasteiger partial charge in [-0.25, -0.2) is 8.42 Å². The molecule has 0 saturated carbocycles. The number of fused-ring (bicyclic) bond motifs is 6. The molecule has 32 heavy (non-hydrogen) atoms. The highest BCUT2D eigenvalue weighted by Crippen LogP contribution is 2.40. The van der Waals surface area contributed by atoms with E-state index in [1.165, 1.54) is 5.56 Å². The second-order valence-electron chi connectivity index (χ2n) is 8.81. The summed E-state index contributed by atoms with van der Waals surface area (Å²) in [7, 11) is -3.76. The number of benzene rings is 4. The molecule has 0 fully saturated rings. The largest absolute Gasteiger partial charge is 0.460 e. The second kappa shape index (κ2) is 7.10. The topological polar surface area (TPSA) is 59.3 Å². The van der Waals surface area contributed by atoms with E-state index in [2.05, 4.69) is 11.6 Å². The van der Waals surface area contributed by atoms with Gasteiger partial charge in [-0.3, -0.25) is 4.72 Å². The van der Waals surface area contributed by atoms with Gasteiger partial charge >= 0.3 is 0 Å². The van der Waals surface area contributed by atoms with E-state index in [1.807, 2.05) is 60.7 Å². The molecule has 0 spiro atoms. The Bertz CT molecular complexity index is 1610. The van der Waals surface area contributed by atoms with Crippen LogP contribution in [0.25, 0.3) is 32.5 Å². The van der Waals surface area contributed by atoms with Crippen molar-refractivity contribution < 1.29 is 12.8 Å². The first-order valence-electron chi connectivity index (χ1n) is 11.0. The molecular weight excluding hydrogens is 418 g/mol. The first kappa shape index (κ1) is 19.4. The SMILES string of the molecule is C[C@@H]1CCc2c(oc3c2cc(NS(=O)(=O)c2ccc4ccccc4c2)c2ccccc23)C1. The van der Waals surface area contributed by atoms with E-state index >= 15 is 0 Å². The molecule has 0 bridgehead atoms. The van der Waals surface area contributed by atoms with Crippen LogP contribution < -0.4 is 4.72 Å². The van der Waals surface area contributed by atoms with Gasteiger partial charge in [0.25, 0.3) is 10.0 Å². The minimum atomic E-state index is -3.76. The average molecular weight is 442 g/mol. The fourth-order valence-electron chi connectivity index (χ4n) is 4.89. The predicted octanol–water partition coefficient (Wildman–Crippen LogP) is 6.66. The first-order chi connectivity index (χ1) is 15.5. The number of anilines is 1. The normalized spacial score (nSPS) is 16.5. The van der Waals surface area contributed by atoms with Crippen LogP contribution in [0.2, 0.25) is 0 Å². The van der Waals surface area contributed by atoms with E-state index in [0.29, 0.717) is 11.6 Å². The van der Waals surface area contributed by atoms with Crippen molar-refractivity contribution >= 4 is 48.2 Å². The molecule has 5 heteroatoms. The van der Waals surface area contributed by atoms with Crippen molar-refractivity contribution in [2.24, 2.45) is 5.92 Å². The second-order valence-corrected chi connectivity index (χ2v) is 10.5. The molecule has 0 saturated heterocycles. The molecule has 0 radical (unpaired) electrons. The number of sulfonamides is 1. The Hall–Kier alpha value is -3.31. The fourth-order valence-corrected chi connectivity index (χ4v) is 5.99. The van der Waals surface area contributed by atoms with Crippen molar-refractivity contribution in [1.29, 1.82) is 0 Å². The van der Waals surface area contributed by atoms with Crippen molar-refractivity contribution in [1.82, 2.24) is 0 Å². The minimum absolute atomic E-state index is 0.253. The third-order valence-corrected chi connectivity index (χ3v) is 7.94. The van der Waals surface area contributed by atoms with Gasteiger partial charge in [-0.05, 0) is 47.7 Å². The molecule has 1 atom stereocenters. The lowest BCUT2D eigenvalue weighted by Crippen LogP contribution is -2.13. The van der Waals surface area contributed by atoms with Gasteiger partial charge in [0.05, 0.1) is 10.6 Å². The van der Waals surface area contributed by atoms with Gasteiger partial charge in [0.15, 0.2) is 0 Å². The van der Waals surface area contributed by atoms with Gasteiger partial charge in [0, 0.05) is 28.1 Å². The summed E-state index contributed by atoms with van der Waals surface area (Å²) >= 11 is 0. The number of aryl methyl sites for hydroxylation is 1. The van der Waals surface area contributed by atoms with E-state index in [-0.39, 0.29) is 4.90 Å². The Kier molecular flexibility index (Phi) is 4.30. The highest BCUT2D eigenvalue weighted by molar-refractivity contribution is 7.92. The first-order valence-corrected chi connectivity index (χ1v) is 12.5. The predicted molar refractivity (Wildman–Crippen MR) is 130 cm³/mol. The van der Waals surface area contributed by atoms with Crippen LogP contribution in [-0.4, -0.2) is 8.42 Å². The van der Waals surface area contributed by atoms with Crippen molar-refractivity contribution in [3.8, 4) is 0 Å². The van der Waals surface area contributed by atoms with E-state index in [1.54, 1.807) is 12.1 Å². The van der Waals surface area contributed by atoms with Crippen LogP contribution in [0.3, 0.4) is 0 Å². The molecule has 6 rings (SSSR count). The summed E-state index contributed by atoms with van der Waals surface area (Å²) < 4.78 is 35.9. The van der Waals surface area contributed by atoms with E-state index in [0.717, 1.165) is 57.5 Å². The molecule has 1 heterocycles. The molecule has 4 aromatic carbocycles. The lowest BCUT2D eigenvalue weighted by molar-refractivity contribution is 0.427. The quantitative estimate of drug-likeness (QED) is 0.340. The van der Waals surface area contributed by atoms with Gasteiger partial charge in [0.1, 0.15) is 11.3 Å². The zero-order chi connectivity index (χ0) is 21.9. The van der Waals surface area contributed by atoms with Crippen molar-refractivity contribution in [3.05, 3.63) is 84.1 Å². The number of rotatable bonds is 3. The maximum absolute atomic E-state index is 13.4. The molecule has 4 nitrogen and oxygen atoms in total. The molecule has 0 aliphatic heterocycles. The third-order valence-electron chi connectivity index (χ3n) is 6.58. The van der Waals surface area contributed by atoms with Gasteiger partial charge in [-0.1, -0.05) is 61.5 Å². The van der Waals surface area contributed by atoms with Gasteiger partial charge in [-0.2, -0.15) is 0 Å². The number of hydrogen-bond acceptors (Lipinski definition) is 3. The number of hydrogen-bond donors (Lipinski definition) is 1. The summed E-state index contributed by atoms with van der Waals surface area (Å²) in [6.07, 6.45) is 3.00. The van der Waals surface area contributed by atoms with Crippen LogP contribution >= 0.6 is 0 Å². The summed E-state index contributed by atoms with van der Waals surface area (Å²) in [6.45, 7) is 2.25. The van der Waals surface area contributed by atoms with E-state index < -0.39 is 10.0 Å². The van der Waals surface area contributed by atoms with Crippen molar-refractivity contribution in [3.63, 3.8) is 0 Å². The standard InChI is InChI=1S/C27H23NO3S/c1-17-10-13-22-24-16-25(21-8-4-5-9-23(21)27(24)31-26(22)14-17)28-32(29,30)20-12-11-18-6-2-3-7-19(18)15-20/h2-9,11-12,15-17,28H,10,13-14H2,1H3/t17-/m1/s1. The molecule has 5 aromatic rings. The molecule has 1 N–H and O–H groups in total. The molecule has 160 valence electrons. The van der Waals surface area contributed by atoms with Crippen LogP contribution in [0.1, 0.15) is 24.7 Å². The lowest BCUT2D eigenvalue weighted by atomic mass is 9.88. The summed E-state index contributed by atoms with van der Waals surface area (Å²) in [5.74, 6) is 1.64. The maximum Gasteiger partial charge on any atom is 0.261 e. The third kappa shape index (κ3) is 3.07. The molecule has 1 aliphatic carbocycles. The molecule has 1 aliphatic rings. The Balaban J connectivity index is 1.51. The molecule has 0 unspecified atom stereocenters. The highest BCUT2D eigenvalue weighted by atomic mass is 32.2. The fraction of sp³-hybridized carbons (Fsp3) is 0.185. The summed E-state index contributed by atoms with van der Waals surface area (Å²) in [5, 5.41) is 4.69. The van der Waals surface area contributed by atoms with Crippen molar-refractivity contribution in [2.45, 2.75) is 31.1 Å². The average Bonchev–Trinajstić information content (AvgIpc) is 3.16. The lowest BCUT2D eigenvalue weighted by Gasteiger charge is -2.16. The van der Waals surface area contributed by atoms with Crippen LogP contribution in [0.5, 0.6) is 0 Å². The Morgan fingerprint density at radius 2 is 1.62 bits per heavy atom. The number of furan rings is 1. The molecular formula is C27H23NO3S. The van der Waals surface area contributed by atoms with Gasteiger partial charge in [0.2, 0.25) is 0 Å². The van der Waals surface area contributed by atoms with Crippen molar-refractivity contribution in [2.75, 3.05) is 4.72 Å². The zero-order valence-electron chi connectivity index (χ0n) is 17.8. The van der Waals surface area contributed by atoms with Gasteiger partial charge < -0.3 is 4.42 Å². The number of nitrogens with one attached hydrogen (secondary N) is 1. The minimum Gasteiger partial charge on any atom is -0.460 e. The van der Waals surface area contributed by atoms with Crippen LogP contribution in [0.4, 0.5) is 5.69 Å². The molecule has 0 amide bonds.